The summed E-state index contributed by atoms with van der Waals surface area (Å²) in [7, 11) is 0. The van der Waals surface area contributed by atoms with E-state index < -0.39 is 0 Å². The van der Waals surface area contributed by atoms with Crippen molar-refractivity contribution in [3.8, 4) is 12.0 Å². The Morgan fingerprint density at radius 2 is 1.81 bits per heavy atom. The second-order valence-corrected chi connectivity index (χ2v) is 4.80. The van der Waals surface area contributed by atoms with E-state index in [1.54, 1.807) is 0 Å². The van der Waals surface area contributed by atoms with Crippen LogP contribution >= 0.6 is 11.6 Å². The molecule has 0 unspecified atom stereocenters. The number of hydrogen-bond acceptors (Lipinski definition) is 5. The summed E-state index contributed by atoms with van der Waals surface area (Å²) >= 11 is 5.80. The van der Waals surface area contributed by atoms with E-state index in [2.05, 4.69) is 15.0 Å². The Bertz CT molecular complexity index is 603. The first kappa shape index (κ1) is 15.3. The summed E-state index contributed by atoms with van der Waals surface area (Å²) in [6.07, 6.45) is 3.78. The lowest BCUT2D eigenvalue weighted by Crippen LogP contribution is -2.10. The van der Waals surface area contributed by atoms with Gasteiger partial charge in [0.2, 0.25) is 5.28 Å². The van der Waals surface area contributed by atoms with Crippen LogP contribution in [-0.2, 0) is 0 Å². The Labute approximate surface area is 128 Å². The van der Waals surface area contributed by atoms with Gasteiger partial charge in [0.25, 0.3) is 0 Å². The molecule has 0 bridgehead atoms. The second-order valence-electron chi connectivity index (χ2n) is 4.46. The van der Waals surface area contributed by atoms with Crippen LogP contribution in [0, 0.1) is 0 Å². The maximum absolute atomic E-state index is 5.80. The van der Waals surface area contributed by atoms with E-state index in [-0.39, 0.29) is 23.4 Å². The predicted octanol–water partition coefficient (Wildman–Crippen LogP) is 3.40. The third-order valence-electron chi connectivity index (χ3n) is 2.33. The van der Waals surface area contributed by atoms with Gasteiger partial charge in [-0.1, -0.05) is 36.4 Å². The van der Waals surface area contributed by atoms with Crippen molar-refractivity contribution in [1.82, 2.24) is 15.0 Å². The minimum Gasteiger partial charge on any atom is -0.461 e. The van der Waals surface area contributed by atoms with Gasteiger partial charge in [0.1, 0.15) is 6.61 Å². The monoisotopic (exact) mass is 305 g/mol. The molecule has 0 aliphatic rings. The fraction of sp³-hybridized carbons (Fsp3) is 0.267. The molecule has 21 heavy (non-hydrogen) atoms. The predicted molar refractivity (Wildman–Crippen MR) is 81.6 cm³/mol. The largest absolute Gasteiger partial charge is 0.461 e. The molecular formula is C15H16ClN3O2. The van der Waals surface area contributed by atoms with Crippen molar-refractivity contribution in [2.24, 2.45) is 0 Å². The Morgan fingerprint density at radius 1 is 1.10 bits per heavy atom. The van der Waals surface area contributed by atoms with E-state index in [0.29, 0.717) is 6.61 Å². The molecule has 0 fully saturated rings. The van der Waals surface area contributed by atoms with Gasteiger partial charge in [-0.2, -0.15) is 9.97 Å². The summed E-state index contributed by atoms with van der Waals surface area (Å²) in [5, 5.41) is 0.0442. The minimum absolute atomic E-state index is 0.0442. The van der Waals surface area contributed by atoms with Crippen LogP contribution in [0.15, 0.2) is 36.4 Å². The molecule has 0 aliphatic heterocycles. The van der Waals surface area contributed by atoms with Gasteiger partial charge in [-0.05, 0) is 37.1 Å². The Balaban J connectivity index is 1.93. The third-order valence-corrected chi connectivity index (χ3v) is 2.50. The maximum Gasteiger partial charge on any atom is 0.324 e. The molecular weight excluding hydrogens is 290 g/mol. The van der Waals surface area contributed by atoms with Gasteiger partial charge < -0.3 is 9.47 Å². The van der Waals surface area contributed by atoms with Crippen LogP contribution in [-0.4, -0.2) is 27.7 Å². The van der Waals surface area contributed by atoms with Crippen LogP contribution in [0.1, 0.15) is 19.4 Å². The van der Waals surface area contributed by atoms with Gasteiger partial charge in [-0.25, -0.2) is 0 Å². The summed E-state index contributed by atoms with van der Waals surface area (Å²) < 4.78 is 10.8. The molecule has 2 aromatic rings. The van der Waals surface area contributed by atoms with Crippen LogP contribution in [0.2, 0.25) is 5.28 Å². The topological polar surface area (TPSA) is 57.1 Å². The van der Waals surface area contributed by atoms with Gasteiger partial charge >= 0.3 is 12.0 Å². The normalized spacial score (nSPS) is 11.0. The lowest BCUT2D eigenvalue weighted by Gasteiger charge is -2.08. The molecule has 5 nitrogen and oxygen atoms in total. The number of ether oxygens (including phenoxy) is 2. The van der Waals surface area contributed by atoms with E-state index in [1.807, 2.05) is 56.3 Å². The molecule has 1 aromatic carbocycles. The van der Waals surface area contributed by atoms with Crippen LogP contribution in [0.5, 0.6) is 12.0 Å². The lowest BCUT2D eigenvalue weighted by molar-refractivity contribution is 0.215. The molecule has 6 heteroatoms. The van der Waals surface area contributed by atoms with E-state index in [1.165, 1.54) is 0 Å². The van der Waals surface area contributed by atoms with Crippen LogP contribution < -0.4 is 9.47 Å². The molecule has 0 spiro atoms. The smallest absolute Gasteiger partial charge is 0.324 e. The van der Waals surface area contributed by atoms with Crippen molar-refractivity contribution in [3.05, 3.63) is 47.3 Å². The van der Waals surface area contributed by atoms with Crippen molar-refractivity contribution in [3.63, 3.8) is 0 Å². The highest BCUT2D eigenvalue weighted by molar-refractivity contribution is 6.28. The summed E-state index contributed by atoms with van der Waals surface area (Å²) in [6.45, 7) is 4.08. The van der Waals surface area contributed by atoms with Gasteiger partial charge in [-0.3, -0.25) is 0 Å². The zero-order valence-corrected chi connectivity index (χ0v) is 12.6. The third kappa shape index (κ3) is 5.39. The SMILES string of the molecule is CC(C)Oc1nc(Cl)nc(OCC=Cc2ccccc2)n1. The zero-order chi connectivity index (χ0) is 15.1. The number of halogens is 1. The molecule has 1 aromatic heterocycles. The van der Waals surface area contributed by atoms with E-state index >= 15 is 0 Å². The van der Waals surface area contributed by atoms with Gasteiger partial charge in [-0.15, -0.1) is 4.98 Å². The molecule has 2 rings (SSSR count). The van der Waals surface area contributed by atoms with E-state index in [4.69, 9.17) is 21.1 Å². The molecule has 0 N–H and O–H groups in total. The molecule has 0 saturated carbocycles. The standard InChI is InChI=1S/C15H16ClN3O2/c1-11(2)21-15-18-13(16)17-14(19-15)20-10-6-9-12-7-4-3-5-8-12/h3-9,11H,10H2,1-2H3. The van der Waals surface area contributed by atoms with Crippen LogP contribution in [0.25, 0.3) is 6.08 Å². The quantitative estimate of drug-likeness (QED) is 0.818. The average Bonchev–Trinajstić information content (AvgIpc) is 2.43. The zero-order valence-electron chi connectivity index (χ0n) is 11.9. The molecule has 0 atom stereocenters. The maximum atomic E-state index is 5.80. The van der Waals surface area contributed by atoms with Crippen LogP contribution in [0.4, 0.5) is 0 Å². The number of aromatic nitrogens is 3. The lowest BCUT2D eigenvalue weighted by atomic mass is 10.2. The summed E-state index contributed by atoms with van der Waals surface area (Å²) in [6, 6.07) is 10.2. The number of benzene rings is 1. The van der Waals surface area contributed by atoms with Gasteiger partial charge in [0.15, 0.2) is 0 Å². The molecule has 0 saturated heterocycles. The van der Waals surface area contributed by atoms with E-state index in [9.17, 15) is 0 Å². The highest BCUT2D eigenvalue weighted by Gasteiger charge is 2.08. The van der Waals surface area contributed by atoms with E-state index in [0.717, 1.165) is 5.56 Å². The second kappa shape index (κ2) is 7.59. The number of nitrogens with zero attached hydrogens (tertiary/aromatic N) is 3. The first-order valence-corrected chi connectivity index (χ1v) is 6.94. The van der Waals surface area contributed by atoms with Crippen molar-refractivity contribution >= 4 is 17.7 Å². The van der Waals surface area contributed by atoms with Gasteiger partial charge in [0.05, 0.1) is 6.10 Å². The number of hydrogen-bond donors (Lipinski definition) is 0. The fourth-order valence-electron chi connectivity index (χ4n) is 1.51. The van der Waals surface area contributed by atoms with Crippen LogP contribution in [0.3, 0.4) is 0 Å². The Kier molecular flexibility index (Phi) is 5.51. The van der Waals surface area contributed by atoms with Crippen molar-refractivity contribution in [2.75, 3.05) is 6.61 Å². The highest BCUT2D eigenvalue weighted by Crippen LogP contribution is 2.14. The summed E-state index contributed by atoms with van der Waals surface area (Å²) in [5.74, 6) is 0. The van der Waals surface area contributed by atoms with Crippen molar-refractivity contribution in [1.29, 1.82) is 0 Å². The first-order chi connectivity index (χ1) is 10.1. The van der Waals surface area contributed by atoms with Crippen molar-refractivity contribution in [2.45, 2.75) is 20.0 Å². The number of rotatable bonds is 6. The minimum atomic E-state index is -0.0470. The molecule has 0 radical (unpaired) electrons. The molecule has 0 amide bonds. The summed E-state index contributed by atoms with van der Waals surface area (Å²) in [4.78, 5) is 11.8. The highest BCUT2D eigenvalue weighted by atomic mass is 35.5. The molecule has 0 aliphatic carbocycles. The molecule has 1 heterocycles. The summed E-state index contributed by atoms with van der Waals surface area (Å²) in [5.41, 5.74) is 1.10. The Hall–Kier alpha value is -2.14. The average molecular weight is 306 g/mol. The Morgan fingerprint density at radius 3 is 2.52 bits per heavy atom. The first-order valence-electron chi connectivity index (χ1n) is 6.56. The van der Waals surface area contributed by atoms with Crippen molar-refractivity contribution < 1.29 is 9.47 Å². The van der Waals surface area contributed by atoms with Gasteiger partial charge in [0, 0.05) is 0 Å². The fourth-order valence-corrected chi connectivity index (χ4v) is 1.66. The molecule has 110 valence electrons.